The largest absolute Gasteiger partial charge is 0.466 e. The summed E-state index contributed by atoms with van der Waals surface area (Å²) in [6.45, 7) is 9.97. The average molecular weight is 354 g/mol. The van der Waals surface area contributed by atoms with Gasteiger partial charge in [0.15, 0.2) is 0 Å². The molecule has 3 unspecified atom stereocenters. The number of carbonyl (C=O) groups is 1. The van der Waals surface area contributed by atoms with Crippen LogP contribution in [0, 0.1) is 5.92 Å². The first-order valence-electron chi connectivity index (χ1n) is 8.44. The van der Waals surface area contributed by atoms with E-state index < -0.39 is 11.7 Å². The molecule has 2 fully saturated rings. The molecule has 1 aliphatic carbocycles. The van der Waals surface area contributed by atoms with Crippen LogP contribution >= 0.6 is 11.6 Å². The molecule has 0 aromatic carbocycles. The first kappa shape index (κ1) is 17.8. The maximum Gasteiger partial charge on any atom is 0.466 e. The summed E-state index contributed by atoms with van der Waals surface area (Å²) in [4.78, 5) is 11.9. The van der Waals surface area contributed by atoms with Crippen molar-refractivity contribution in [1.29, 1.82) is 0 Å². The molecule has 7 heteroatoms. The van der Waals surface area contributed by atoms with Crippen molar-refractivity contribution in [2.24, 2.45) is 5.92 Å². The zero-order chi connectivity index (χ0) is 17.7. The Morgan fingerprint density at radius 1 is 1.50 bits per heavy atom. The molecule has 0 saturated carbocycles. The molecule has 0 spiro atoms. The van der Waals surface area contributed by atoms with Crippen LogP contribution in [0.15, 0.2) is 22.8 Å². The number of carbonyl (C=O) groups excluding carboxylic acids is 1. The zero-order valence-electron chi connectivity index (χ0n) is 14.9. The molecular weight excluding hydrogens is 328 g/mol. The summed E-state index contributed by atoms with van der Waals surface area (Å²) in [5.74, 6) is 0.476. The van der Waals surface area contributed by atoms with E-state index in [9.17, 15) is 4.79 Å². The highest BCUT2D eigenvalue weighted by Gasteiger charge is 2.56. The third-order valence-electron chi connectivity index (χ3n) is 4.52. The molecule has 5 nitrogen and oxygen atoms in total. The van der Waals surface area contributed by atoms with E-state index in [0.29, 0.717) is 17.5 Å². The minimum Gasteiger partial charge on any atom is -0.444 e. The molecule has 2 heterocycles. The number of amides is 1. The van der Waals surface area contributed by atoms with Gasteiger partial charge in [0.25, 0.3) is 0 Å². The molecule has 3 aliphatic rings. The molecule has 0 aromatic heterocycles. The molecule has 3 rings (SSSR count). The number of halogens is 1. The predicted octanol–water partition coefficient (Wildman–Crippen LogP) is 3.65. The fraction of sp³-hybridized carbons (Fsp3) is 0.706. The lowest BCUT2D eigenvalue weighted by molar-refractivity contribution is 0.0275. The van der Waals surface area contributed by atoms with Crippen LogP contribution in [0.4, 0.5) is 4.79 Å². The van der Waals surface area contributed by atoms with Crippen molar-refractivity contribution >= 4 is 24.8 Å². The molecule has 3 atom stereocenters. The number of rotatable bonds is 2. The third-order valence-corrected chi connectivity index (χ3v) is 4.86. The van der Waals surface area contributed by atoms with Gasteiger partial charge in [-0.3, -0.25) is 0 Å². The van der Waals surface area contributed by atoms with Gasteiger partial charge >= 0.3 is 13.2 Å². The average Bonchev–Trinajstić information content (AvgIpc) is 2.77. The van der Waals surface area contributed by atoms with Gasteiger partial charge in [0.2, 0.25) is 0 Å². The van der Waals surface area contributed by atoms with Gasteiger partial charge in [-0.2, -0.15) is 0 Å². The van der Waals surface area contributed by atoms with Gasteiger partial charge in [0.05, 0.1) is 6.10 Å². The van der Waals surface area contributed by atoms with Gasteiger partial charge in [-0.25, -0.2) is 4.79 Å². The van der Waals surface area contributed by atoms with Gasteiger partial charge in [-0.1, -0.05) is 17.7 Å². The second-order valence-electron chi connectivity index (χ2n) is 8.31. The predicted molar refractivity (Wildman–Crippen MR) is 93.9 cm³/mol. The Morgan fingerprint density at radius 2 is 2.21 bits per heavy atom. The number of nitrogens with one attached hydrogen (secondary N) is 1. The van der Waals surface area contributed by atoms with Crippen LogP contribution in [0.3, 0.4) is 0 Å². The fourth-order valence-electron chi connectivity index (χ4n) is 3.73. The Balaban J connectivity index is 1.72. The number of alkyl carbamates (subject to hydrolysis) is 1. The highest BCUT2D eigenvalue weighted by Crippen LogP contribution is 2.53. The minimum absolute atomic E-state index is 0.126. The van der Waals surface area contributed by atoms with Crippen molar-refractivity contribution < 1.29 is 18.8 Å². The zero-order valence-corrected chi connectivity index (χ0v) is 15.6. The van der Waals surface area contributed by atoms with E-state index in [1.165, 1.54) is 0 Å². The Hall–Kier alpha value is -0.975. The highest BCUT2D eigenvalue weighted by molar-refractivity contribution is 6.50. The van der Waals surface area contributed by atoms with Crippen molar-refractivity contribution in [2.75, 3.05) is 6.54 Å². The topological polar surface area (TPSA) is 56.8 Å². The first-order chi connectivity index (χ1) is 11.1. The normalized spacial score (nSPS) is 31.1. The van der Waals surface area contributed by atoms with Crippen molar-refractivity contribution in [3.63, 3.8) is 0 Å². The number of hydrogen-bond acceptors (Lipinski definition) is 4. The second-order valence-corrected chi connectivity index (χ2v) is 8.72. The smallest absolute Gasteiger partial charge is 0.444 e. The van der Waals surface area contributed by atoms with E-state index in [1.807, 2.05) is 26.8 Å². The summed E-state index contributed by atoms with van der Waals surface area (Å²) in [5.41, 5.74) is 0.261. The Bertz CT molecular complexity index is 596. The molecular formula is C17H25BClNO4. The van der Waals surface area contributed by atoms with Crippen LogP contribution in [-0.2, 0) is 14.0 Å². The van der Waals surface area contributed by atoms with Crippen LogP contribution < -0.4 is 5.32 Å². The van der Waals surface area contributed by atoms with Crippen LogP contribution in [0.5, 0.6) is 0 Å². The number of allylic oxidation sites excluding steroid dienone is 3. The summed E-state index contributed by atoms with van der Waals surface area (Å²) in [6.07, 6.45) is 4.28. The molecule has 2 aliphatic heterocycles. The molecule has 1 amide bonds. The second kappa shape index (κ2) is 6.08. The molecule has 1 N–H and O–H groups in total. The maximum atomic E-state index is 11.9. The monoisotopic (exact) mass is 353 g/mol. The third kappa shape index (κ3) is 3.66. The standard InChI is InChI=1S/C17H25BClNO4/c1-16(2,3)22-15(21)20-9-12-13-11(19)7-6-10-8-17(4,5)24-18(23-12)14(10)13/h6-7,10,12,14H,8-9H2,1-5H3,(H,20,21). The van der Waals surface area contributed by atoms with Crippen LogP contribution in [0.2, 0.25) is 5.82 Å². The summed E-state index contributed by atoms with van der Waals surface area (Å²) in [7, 11) is -0.321. The van der Waals surface area contributed by atoms with E-state index in [1.54, 1.807) is 0 Å². The molecule has 0 aromatic rings. The van der Waals surface area contributed by atoms with Crippen LogP contribution in [0.25, 0.3) is 0 Å². The summed E-state index contributed by atoms with van der Waals surface area (Å²) in [5, 5.41) is 3.47. The van der Waals surface area contributed by atoms with E-state index in [2.05, 4.69) is 25.2 Å². The molecule has 0 bridgehead atoms. The Kier molecular flexibility index (Phi) is 4.52. The summed E-state index contributed by atoms with van der Waals surface area (Å²) >= 11 is 6.43. The van der Waals surface area contributed by atoms with Crippen LogP contribution in [0.1, 0.15) is 41.0 Å². The SMILES string of the molecule is CC(C)(C)OC(=O)NCC1OB2OC(C)(C)CC3C=CC(Cl)=C1C23. The van der Waals surface area contributed by atoms with E-state index >= 15 is 0 Å². The lowest BCUT2D eigenvalue weighted by Gasteiger charge is -2.41. The maximum absolute atomic E-state index is 11.9. The number of ether oxygens (including phenoxy) is 1. The van der Waals surface area contributed by atoms with Gasteiger partial charge in [0.1, 0.15) is 5.60 Å². The lowest BCUT2D eigenvalue weighted by atomic mass is 9.57. The first-order valence-corrected chi connectivity index (χ1v) is 8.81. The van der Waals surface area contributed by atoms with Gasteiger partial charge in [-0.05, 0) is 58.6 Å². The van der Waals surface area contributed by atoms with E-state index in [4.69, 9.17) is 25.6 Å². The van der Waals surface area contributed by atoms with Crippen molar-refractivity contribution in [2.45, 2.75) is 64.2 Å². The van der Waals surface area contributed by atoms with Gasteiger partial charge in [-0.15, -0.1) is 0 Å². The molecule has 0 radical (unpaired) electrons. The van der Waals surface area contributed by atoms with Gasteiger partial charge < -0.3 is 19.4 Å². The number of hydrogen-bond donors (Lipinski definition) is 1. The van der Waals surface area contributed by atoms with Crippen molar-refractivity contribution in [3.8, 4) is 0 Å². The fourth-order valence-corrected chi connectivity index (χ4v) is 4.05. The van der Waals surface area contributed by atoms with E-state index in [-0.39, 0.29) is 24.6 Å². The van der Waals surface area contributed by atoms with Crippen molar-refractivity contribution in [3.05, 3.63) is 22.8 Å². The minimum atomic E-state index is -0.530. The Labute approximate surface area is 148 Å². The van der Waals surface area contributed by atoms with Crippen molar-refractivity contribution in [1.82, 2.24) is 5.32 Å². The lowest BCUT2D eigenvalue weighted by Crippen LogP contribution is -2.45. The van der Waals surface area contributed by atoms with Crippen LogP contribution in [-0.4, -0.2) is 37.1 Å². The van der Waals surface area contributed by atoms with E-state index in [0.717, 1.165) is 12.0 Å². The van der Waals surface area contributed by atoms with Gasteiger partial charge in [0, 0.05) is 23.0 Å². The summed E-state index contributed by atoms with van der Waals surface area (Å²) < 4.78 is 17.5. The Morgan fingerprint density at radius 3 is 2.88 bits per heavy atom. The summed E-state index contributed by atoms with van der Waals surface area (Å²) in [6, 6.07) is 0. The molecule has 132 valence electrons. The molecule has 2 saturated heterocycles. The quantitative estimate of drug-likeness (QED) is 0.770. The molecule has 24 heavy (non-hydrogen) atoms. The highest BCUT2D eigenvalue weighted by atomic mass is 35.5.